The summed E-state index contributed by atoms with van der Waals surface area (Å²) in [6, 6.07) is 12.5. The zero-order valence-electron chi connectivity index (χ0n) is 5.10. The molecule has 0 aliphatic rings. The van der Waals surface area contributed by atoms with Crippen LogP contribution in [0.3, 0.4) is 0 Å². The molecule has 0 N–H and O–H groups in total. The number of benzene rings is 1. The Morgan fingerprint density at radius 3 is 1.40 bits per heavy atom. The first-order valence-electron chi connectivity index (χ1n) is 2.57. The van der Waals surface area contributed by atoms with Gasteiger partial charge < -0.3 is 0 Å². The van der Waals surface area contributed by atoms with E-state index in [1.807, 2.05) is 30.3 Å². The molecule has 0 amide bonds. The van der Waals surface area contributed by atoms with E-state index in [0.717, 1.165) is 0 Å². The Morgan fingerprint density at radius 2 is 1.30 bits per heavy atom. The van der Waals surface area contributed by atoms with Gasteiger partial charge in [0, 0.05) is 0 Å². The molecule has 0 aromatic heterocycles. The fourth-order valence-electron chi connectivity index (χ4n) is 0.342. The van der Waals surface area contributed by atoms with E-state index in [0.29, 0.717) is 0 Å². The lowest BCUT2D eigenvalue weighted by atomic mass is 10.4. The molecule has 1 aromatic rings. The summed E-state index contributed by atoms with van der Waals surface area (Å²) in [6.45, 7) is 0. The molecule has 1 rings (SSSR count). The molecule has 1 radical (unpaired) electrons. The molecular formula is C6H5AlBr3. The number of hydrogen-bond acceptors (Lipinski definition) is 0. The molecule has 0 fully saturated rings. The van der Waals surface area contributed by atoms with Gasteiger partial charge in [-0.2, -0.15) is 42.2 Å². The van der Waals surface area contributed by atoms with Crippen LogP contribution in [0.15, 0.2) is 30.3 Å². The van der Waals surface area contributed by atoms with Crippen molar-refractivity contribution in [3.8, 4) is 0 Å². The van der Waals surface area contributed by atoms with Crippen molar-refractivity contribution in [1.82, 2.24) is 0 Å². The van der Waals surface area contributed by atoms with Crippen LogP contribution in [0.4, 0.5) is 0 Å². The molecule has 4 heteroatoms. The van der Waals surface area contributed by atoms with Crippen LogP contribution in [0.2, 0.25) is 0 Å². The van der Waals surface area contributed by atoms with Crippen molar-refractivity contribution < 1.29 is 0 Å². The summed E-state index contributed by atoms with van der Waals surface area (Å²) in [7, 11) is -0.701. The lowest BCUT2D eigenvalue weighted by Crippen LogP contribution is -1.60. The summed E-state index contributed by atoms with van der Waals surface area (Å²) >= 11 is 9.73. The van der Waals surface area contributed by atoms with Crippen LogP contribution in [0.25, 0.3) is 0 Å². The van der Waals surface area contributed by atoms with E-state index in [4.69, 9.17) is 0 Å². The van der Waals surface area contributed by atoms with E-state index in [9.17, 15) is 0 Å². The average Bonchev–Trinajstić information content (AvgIpc) is 1.90. The van der Waals surface area contributed by atoms with Gasteiger partial charge >= 0.3 is 8.67 Å². The molecular weight excluding hydrogens is 339 g/mol. The highest BCUT2D eigenvalue weighted by Crippen LogP contribution is 2.07. The van der Waals surface area contributed by atoms with Crippen LogP contribution in [0.5, 0.6) is 0 Å². The maximum absolute atomic E-state index is 3.24. The maximum atomic E-state index is 3.24. The van der Waals surface area contributed by atoms with Gasteiger partial charge in [-0.1, -0.05) is 30.3 Å². The molecule has 0 unspecified atom stereocenters. The van der Waals surface area contributed by atoms with E-state index >= 15 is 0 Å². The zero-order chi connectivity index (χ0) is 7.82. The highest BCUT2D eigenvalue weighted by Gasteiger charge is 1.95. The first kappa shape index (κ1) is 11.2. The van der Waals surface area contributed by atoms with Crippen molar-refractivity contribution in [1.29, 1.82) is 0 Å². The number of halogens is 3. The second kappa shape index (κ2) is 8.29. The van der Waals surface area contributed by atoms with Gasteiger partial charge in [0.15, 0.2) is 0 Å². The second-order valence-corrected chi connectivity index (χ2v) is 21.1. The van der Waals surface area contributed by atoms with E-state index in [1.54, 1.807) is 0 Å². The third kappa shape index (κ3) is 11.9. The standard InChI is InChI=1S/C6H5.Al.3BrH/c1-2-4-6-5-3-1;;;;/h1-5H;;3*1H/q;+3;;;/p-3. The fraction of sp³-hybridized carbons (Fsp3) is 0. The molecule has 53 valence electrons. The molecule has 0 aliphatic heterocycles. The molecule has 0 saturated carbocycles. The Bertz CT molecular complexity index is 113. The maximum Gasteiger partial charge on any atom is 0.542 e. The Balaban J connectivity index is 0.000000180. The van der Waals surface area contributed by atoms with Crippen molar-refractivity contribution in [3.63, 3.8) is 0 Å². The minimum atomic E-state index is -0.701. The Kier molecular flexibility index (Phi) is 9.28. The van der Waals surface area contributed by atoms with Crippen molar-refractivity contribution in [3.05, 3.63) is 36.4 Å². The summed E-state index contributed by atoms with van der Waals surface area (Å²) in [5.41, 5.74) is 0. The van der Waals surface area contributed by atoms with Crippen LogP contribution in [-0.4, -0.2) is 8.67 Å². The molecule has 0 bridgehead atoms. The smallest absolute Gasteiger partial charge is 0.181 e. The fourth-order valence-corrected chi connectivity index (χ4v) is 0.342. The lowest BCUT2D eigenvalue weighted by Gasteiger charge is -1.68. The predicted molar refractivity (Wildman–Crippen MR) is 57.8 cm³/mol. The summed E-state index contributed by atoms with van der Waals surface area (Å²) in [4.78, 5) is 0. The van der Waals surface area contributed by atoms with Crippen LogP contribution >= 0.6 is 42.2 Å². The average molecular weight is 344 g/mol. The SMILES string of the molecule is [Br][Al]([Br])[Br].[c]1ccccc1. The topological polar surface area (TPSA) is 0 Å². The monoisotopic (exact) mass is 341 g/mol. The van der Waals surface area contributed by atoms with Crippen molar-refractivity contribution in [2.24, 2.45) is 0 Å². The van der Waals surface area contributed by atoms with E-state index < -0.39 is 8.67 Å². The third-order valence-electron chi connectivity index (χ3n) is 0.607. The predicted octanol–water partition coefficient (Wildman–Crippen LogP) is 3.64. The molecule has 1 aromatic carbocycles. The van der Waals surface area contributed by atoms with E-state index in [1.165, 1.54) is 0 Å². The van der Waals surface area contributed by atoms with Crippen molar-refractivity contribution >= 4 is 50.8 Å². The summed E-state index contributed by atoms with van der Waals surface area (Å²) in [5, 5.41) is 0. The summed E-state index contributed by atoms with van der Waals surface area (Å²) < 4.78 is 0. The summed E-state index contributed by atoms with van der Waals surface area (Å²) in [6.07, 6.45) is 0. The molecule has 10 heavy (non-hydrogen) atoms. The quantitative estimate of drug-likeness (QED) is 0.631. The molecule has 0 heterocycles. The highest BCUT2D eigenvalue weighted by molar-refractivity contribution is 9.69. The van der Waals surface area contributed by atoms with Gasteiger partial charge in [-0.25, -0.2) is 0 Å². The van der Waals surface area contributed by atoms with Crippen LogP contribution in [0.1, 0.15) is 0 Å². The summed E-state index contributed by atoms with van der Waals surface area (Å²) in [5.74, 6) is 0. The first-order chi connectivity index (χ1) is 4.73. The first-order valence-corrected chi connectivity index (χ1v) is 12.1. The molecule has 0 saturated heterocycles. The van der Waals surface area contributed by atoms with E-state index in [2.05, 4.69) is 48.2 Å². The van der Waals surface area contributed by atoms with Gasteiger partial charge in [0.05, 0.1) is 0 Å². The molecule has 0 atom stereocenters. The van der Waals surface area contributed by atoms with Crippen LogP contribution < -0.4 is 0 Å². The minimum Gasteiger partial charge on any atom is -0.181 e. The Labute approximate surface area is 86.4 Å². The van der Waals surface area contributed by atoms with Gasteiger partial charge in [-0.3, -0.25) is 0 Å². The third-order valence-corrected chi connectivity index (χ3v) is 0.607. The molecule has 0 aliphatic carbocycles. The van der Waals surface area contributed by atoms with Crippen molar-refractivity contribution in [2.45, 2.75) is 0 Å². The highest BCUT2D eigenvalue weighted by atomic mass is 80.0. The molecule has 0 nitrogen and oxygen atoms in total. The minimum absolute atomic E-state index is 0.701. The molecule has 0 spiro atoms. The zero-order valence-corrected chi connectivity index (χ0v) is 11.0. The van der Waals surface area contributed by atoms with Crippen molar-refractivity contribution in [2.75, 3.05) is 0 Å². The second-order valence-electron chi connectivity index (χ2n) is 1.32. The number of hydrogen-bond donors (Lipinski definition) is 0. The van der Waals surface area contributed by atoms with Gasteiger partial charge in [0.2, 0.25) is 0 Å². The van der Waals surface area contributed by atoms with Gasteiger partial charge in [-0.15, -0.1) is 0 Å². The van der Waals surface area contributed by atoms with Gasteiger partial charge in [0.25, 0.3) is 0 Å². The Hall–Kier alpha value is 1.19. The van der Waals surface area contributed by atoms with Crippen LogP contribution in [-0.2, 0) is 0 Å². The Morgan fingerprint density at radius 1 is 0.900 bits per heavy atom. The van der Waals surface area contributed by atoms with E-state index in [-0.39, 0.29) is 0 Å². The largest absolute Gasteiger partial charge is 0.542 e. The van der Waals surface area contributed by atoms with Gasteiger partial charge in [0.1, 0.15) is 0 Å². The van der Waals surface area contributed by atoms with Crippen LogP contribution in [0, 0.1) is 6.07 Å². The number of rotatable bonds is 0. The van der Waals surface area contributed by atoms with Gasteiger partial charge in [-0.05, 0) is 6.07 Å². The normalized spacial score (nSPS) is 7.50. The lowest BCUT2D eigenvalue weighted by molar-refractivity contribution is 1.70.